The number of halogens is 1. The summed E-state index contributed by atoms with van der Waals surface area (Å²) in [4.78, 5) is 39.8. The molecule has 2 aromatic heterocycles. The van der Waals surface area contributed by atoms with E-state index < -0.39 is 5.97 Å². The van der Waals surface area contributed by atoms with E-state index in [1.54, 1.807) is 17.3 Å². The molecule has 1 aliphatic heterocycles. The lowest BCUT2D eigenvalue weighted by Crippen LogP contribution is -2.42. The summed E-state index contributed by atoms with van der Waals surface area (Å²) in [5, 5.41) is 10.1. The fourth-order valence-electron chi connectivity index (χ4n) is 5.55. The Labute approximate surface area is 208 Å². The van der Waals surface area contributed by atoms with E-state index in [1.165, 1.54) is 7.11 Å². The van der Waals surface area contributed by atoms with Crippen molar-refractivity contribution in [3.8, 4) is 0 Å². The van der Waals surface area contributed by atoms with Crippen LogP contribution in [-0.4, -0.2) is 49.8 Å². The number of hydrogen-bond donors (Lipinski definition) is 1. The first-order valence-corrected chi connectivity index (χ1v) is 12.3. The average Bonchev–Trinajstić information content (AvgIpc) is 3.23. The lowest BCUT2D eigenvalue weighted by atomic mass is 9.85. The minimum atomic E-state index is -0.748. The molecule has 0 spiro atoms. The van der Waals surface area contributed by atoms with Gasteiger partial charge in [-0.25, -0.2) is 19.7 Å². The third kappa shape index (κ3) is 4.33. The maximum atomic E-state index is 12.6. The van der Waals surface area contributed by atoms with Gasteiger partial charge in [-0.2, -0.15) is 0 Å². The van der Waals surface area contributed by atoms with Crippen LogP contribution in [0.5, 0.6) is 0 Å². The number of imidazole rings is 1. The van der Waals surface area contributed by atoms with Gasteiger partial charge in [0.1, 0.15) is 11.6 Å². The van der Waals surface area contributed by atoms with Gasteiger partial charge in [0.15, 0.2) is 0 Å². The number of aryl methyl sites for hydroxylation is 1. The van der Waals surface area contributed by atoms with Gasteiger partial charge in [-0.3, -0.25) is 9.69 Å². The minimum Gasteiger partial charge on any atom is -0.481 e. The number of carboxylic acids is 1. The number of amides is 1. The van der Waals surface area contributed by atoms with Crippen LogP contribution < -0.4 is 4.90 Å². The van der Waals surface area contributed by atoms with Crippen molar-refractivity contribution in [3.05, 3.63) is 46.8 Å². The molecular weight excluding hydrogens is 470 g/mol. The summed E-state index contributed by atoms with van der Waals surface area (Å²) >= 11 is 5.98. The Bertz CT molecular complexity index is 1280. The zero-order valence-corrected chi connectivity index (χ0v) is 20.5. The van der Waals surface area contributed by atoms with Crippen LogP contribution in [0.3, 0.4) is 0 Å². The maximum absolute atomic E-state index is 12.6. The predicted octanol–water partition coefficient (Wildman–Crippen LogP) is 4.79. The van der Waals surface area contributed by atoms with Crippen molar-refractivity contribution in [1.29, 1.82) is 0 Å². The highest BCUT2D eigenvalue weighted by Gasteiger charge is 2.34. The Hall–Kier alpha value is -3.20. The van der Waals surface area contributed by atoms with Gasteiger partial charge >= 0.3 is 12.1 Å². The van der Waals surface area contributed by atoms with Gasteiger partial charge < -0.3 is 14.4 Å². The van der Waals surface area contributed by atoms with E-state index in [4.69, 9.17) is 21.3 Å². The number of hydrogen-bond acceptors (Lipinski definition) is 6. The molecule has 3 aromatic rings. The van der Waals surface area contributed by atoms with Crippen LogP contribution in [0.2, 0.25) is 5.02 Å². The molecule has 5 rings (SSSR count). The zero-order chi connectivity index (χ0) is 24.7. The van der Waals surface area contributed by atoms with E-state index in [9.17, 15) is 14.7 Å². The Kier molecular flexibility index (Phi) is 6.35. The topological polar surface area (TPSA) is 110 Å². The first kappa shape index (κ1) is 23.5. The molecule has 1 unspecified atom stereocenters. The number of ether oxygens (including phenoxy) is 1. The highest BCUT2D eigenvalue weighted by atomic mass is 35.5. The number of carbonyl (C=O) groups is 2. The quantitative estimate of drug-likeness (QED) is 0.551. The highest BCUT2D eigenvalue weighted by Crippen LogP contribution is 2.40. The number of carbonyl (C=O) groups excluding carboxylic acids is 1. The molecule has 1 amide bonds. The third-order valence-corrected chi connectivity index (χ3v) is 7.45. The molecule has 1 fully saturated rings. The van der Waals surface area contributed by atoms with Crippen LogP contribution in [0.4, 0.5) is 10.5 Å². The summed E-state index contributed by atoms with van der Waals surface area (Å²) in [7, 11) is 1.39. The second-order valence-electron chi connectivity index (χ2n) is 9.41. The van der Waals surface area contributed by atoms with Crippen molar-refractivity contribution < 1.29 is 19.4 Å². The Morgan fingerprint density at radius 3 is 2.69 bits per heavy atom. The SMILES string of the molecule is COC(=O)N1c2ccc3c(nc(Cc4ncc(Cl)cn4)n3[C@@H]3CCC[C@@H](C(=O)O)C3)c2CCC1C. The fourth-order valence-corrected chi connectivity index (χ4v) is 5.65. The van der Waals surface area contributed by atoms with Crippen LogP contribution in [0.25, 0.3) is 11.0 Å². The summed E-state index contributed by atoms with van der Waals surface area (Å²) < 4.78 is 7.24. The second kappa shape index (κ2) is 9.45. The molecule has 1 aromatic carbocycles. The molecule has 1 saturated carbocycles. The summed E-state index contributed by atoms with van der Waals surface area (Å²) in [6.45, 7) is 2.01. The van der Waals surface area contributed by atoms with E-state index in [0.717, 1.165) is 53.8 Å². The lowest BCUT2D eigenvalue weighted by molar-refractivity contribution is -0.143. The van der Waals surface area contributed by atoms with Crippen LogP contribution in [-0.2, 0) is 22.4 Å². The number of fused-ring (bicyclic) bond motifs is 3. The normalized spacial score (nSPS) is 22.1. The Morgan fingerprint density at radius 1 is 1.20 bits per heavy atom. The molecule has 3 atom stereocenters. The number of aromatic nitrogens is 4. The average molecular weight is 498 g/mol. The number of nitrogens with zero attached hydrogens (tertiary/aromatic N) is 5. The van der Waals surface area contributed by atoms with E-state index in [0.29, 0.717) is 30.1 Å². The van der Waals surface area contributed by atoms with Gasteiger partial charge in [-0.1, -0.05) is 18.0 Å². The highest BCUT2D eigenvalue weighted by molar-refractivity contribution is 6.30. The van der Waals surface area contributed by atoms with Crippen molar-refractivity contribution in [2.24, 2.45) is 5.92 Å². The number of benzene rings is 1. The van der Waals surface area contributed by atoms with Crippen molar-refractivity contribution in [2.75, 3.05) is 12.0 Å². The van der Waals surface area contributed by atoms with Crippen molar-refractivity contribution >= 4 is 40.4 Å². The molecule has 184 valence electrons. The minimum absolute atomic E-state index is 0.00873. The van der Waals surface area contributed by atoms with E-state index in [-0.39, 0.29) is 24.1 Å². The number of aliphatic carboxylic acids is 1. The second-order valence-corrected chi connectivity index (χ2v) is 9.84. The van der Waals surface area contributed by atoms with Gasteiger partial charge in [0.2, 0.25) is 0 Å². The summed E-state index contributed by atoms with van der Waals surface area (Å²) in [6.07, 6.45) is 7.70. The molecule has 0 bridgehead atoms. The summed E-state index contributed by atoms with van der Waals surface area (Å²) in [6, 6.07) is 3.98. The lowest BCUT2D eigenvalue weighted by Gasteiger charge is -2.34. The molecule has 0 saturated heterocycles. The number of carboxylic acid groups (broad SMARTS) is 1. The van der Waals surface area contributed by atoms with Crippen molar-refractivity contribution in [3.63, 3.8) is 0 Å². The Balaban J connectivity index is 1.65. The Morgan fingerprint density at radius 2 is 1.97 bits per heavy atom. The molecule has 2 aliphatic rings. The number of anilines is 1. The first-order valence-electron chi connectivity index (χ1n) is 12.0. The fraction of sp³-hybridized carbons (Fsp3) is 0.480. The summed E-state index contributed by atoms with van der Waals surface area (Å²) in [5.74, 6) is 0.256. The van der Waals surface area contributed by atoms with E-state index in [1.807, 2.05) is 19.1 Å². The van der Waals surface area contributed by atoms with Gasteiger partial charge in [-0.15, -0.1) is 0 Å². The predicted molar refractivity (Wildman–Crippen MR) is 131 cm³/mol. The van der Waals surface area contributed by atoms with Crippen LogP contribution >= 0.6 is 11.6 Å². The van der Waals surface area contributed by atoms with Crippen LogP contribution in [0.15, 0.2) is 24.5 Å². The standard InChI is InChI=1S/C25H28ClN5O4/c1-14-6-7-18-19(30(14)25(34)35-2)8-9-20-23(18)29-22(11-21-27-12-16(26)13-28-21)31(20)17-5-3-4-15(10-17)24(32)33/h8-9,12-15,17H,3-7,10-11H2,1-2H3,(H,32,33)/t14?,15-,17-/m1/s1. The first-order chi connectivity index (χ1) is 16.9. The van der Waals surface area contributed by atoms with Crippen LogP contribution in [0.1, 0.15) is 62.3 Å². The molecule has 0 radical (unpaired) electrons. The molecule has 9 nitrogen and oxygen atoms in total. The molecule has 1 aliphatic carbocycles. The van der Waals surface area contributed by atoms with Gasteiger partial charge in [-0.05, 0) is 51.2 Å². The van der Waals surface area contributed by atoms with E-state index >= 15 is 0 Å². The van der Waals surface area contributed by atoms with E-state index in [2.05, 4.69) is 14.5 Å². The van der Waals surface area contributed by atoms with Crippen molar-refractivity contribution in [2.45, 2.75) is 64.0 Å². The molecule has 1 N–H and O–H groups in total. The van der Waals surface area contributed by atoms with Crippen LogP contribution in [0, 0.1) is 5.92 Å². The molecular formula is C25H28ClN5O4. The summed E-state index contributed by atoms with van der Waals surface area (Å²) in [5.41, 5.74) is 3.61. The number of rotatable bonds is 4. The van der Waals surface area contributed by atoms with Gasteiger partial charge in [0.25, 0.3) is 0 Å². The largest absolute Gasteiger partial charge is 0.481 e. The van der Waals surface area contributed by atoms with Crippen molar-refractivity contribution in [1.82, 2.24) is 19.5 Å². The third-order valence-electron chi connectivity index (χ3n) is 7.25. The molecule has 10 heteroatoms. The smallest absolute Gasteiger partial charge is 0.414 e. The number of methoxy groups -OCH3 is 1. The molecule has 3 heterocycles. The molecule has 35 heavy (non-hydrogen) atoms. The van der Waals surface area contributed by atoms with Gasteiger partial charge in [0.05, 0.1) is 41.2 Å². The zero-order valence-electron chi connectivity index (χ0n) is 19.8. The van der Waals surface area contributed by atoms with Gasteiger partial charge in [0, 0.05) is 30.0 Å². The monoisotopic (exact) mass is 497 g/mol. The maximum Gasteiger partial charge on any atom is 0.414 e.